The Morgan fingerprint density at radius 2 is 1.94 bits per heavy atom. The van der Waals surface area contributed by atoms with Gasteiger partial charge >= 0.3 is 0 Å². The molecule has 86 valence electrons. The summed E-state index contributed by atoms with van der Waals surface area (Å²) in [6.07, 6.45) is 1.21. The highest BCUT2D eigenvalue weighted by Crippen LogP contribution is 2.17. The second kappa shape index (κ2) is 4.52. The molecule has 0 aliphatic rings. The Morgan fingerprint density at radius 1 is 1.24 bits per heavy atom. The van der Waals surface area contributed by atoms with Crippen molar-refractivity contribution in [2.24, 2.45) is 0 Å². The average molecular weight is 229 g/mol. The van der Waals surface area contributed by atoms with Crippen molar-refractivity contribution in [2.75, 3.05) is 5.32 Å². The van der Waals surface area contributed by atoms with E-state index in [0.29, 0.717) is 11.4 Å². The van der Waals surface area contributed by atoms with Crippen LogP contribution in [0.5, 0.6) is 0 Å². The lowest BCUT2D eigenvalue weighted by atomic mass is 10.1. The molecule has 1 heterocycles. The van der Waals surface area contributed by atoms with Crippen LogP contribution in [0.2, 0.25) is 0 Å². The zero-order valence-corrected chi connectivity index (χ0v) is 8.99. The van der Waals surface area contributed by atoms with Crippen molar-refractivity contribution in [1.29, 1.82) is 0 Å². The summed E-state index contributed by atoms with van der Waals surface area (Å²) in [6, 6.07) is 8.58. The Kier molecular flexibility index (Phi) is 2.91. The van der Waals surface area contributed by atoms with Gasteiger partial charge in [-0.05, 0) is 23.8 Å². The van der Waals surface area contributed by atoms with Crippen molar-refractivity contribution >= 4 is 11.6 Å². The van der Waals surface area contributed by atoms with Crippen LogP contribution in [0, 0.1) is 0 Å². The topological polar surface area (TPSA) is 77.8 Å². The Hall–Kier alpha value is -2.56. The van der Waals surface area contributed by atoms with E-state index < -0.39 is 0 Å². The first-order valence-electron chi connectivity index (χ1n) is 5.00. The number of carbonyl (C=O) groups is 1. The third-order valence-corrected chi connectivity index (χ3v) is 2.24. The fraction of sp³-hybridized carbons (Fsp3) is 0. The molecule has 0 spiro atoms. The molecule has 5 nitrogen and oxygen atoms in total. The minimum atomic E-state index is -0.257. The van der Waals surface area contributed by atoms with Gasteiger partial charge in [0.2, 0.25) is 5.91 Å². The van der Waals surface area contributed by atoms with Crippen LogP contribution in [0.3, 0.4) is 0 Å². The summed E-state index contributed by atoms with van der Waals surface area (Å²) in [5.74, 6) is -0.257. The van der Waals surface area contributed by atoms with E-state index in [2.05, 4.69) is 22.1 Å². The maximum absolute atomic E-state index is 11.1. The number of aromatic amines is 2. The summed E-state index contributed by atoms with van der Waals surface area (Å²) in [5, 5.41) is 7.85. The van der Waals surface area contributed by atoms with Gasteiger partial charge in [-0.25, -0.2) is 0 Å². The maximum atomic E-state index is 11.1. The highest BCUT2D eigenvalue weighted by Gasteiger charge is 2.01. The molecule has 1 aromatic carbocycles. The fourth-order valence-corrected chi connectivity index (χ4v) is 1.41. The molecule has 1 amide bonds. The van der Waals surface area contributed by atoms with Crippen molar-refractivity contribution < 1.29 is 4.79 Å². The van der Waals surface area contributed by atoms with E-state index in [9.17, 15) is 9.59 Å². The fourth-order valence-electron chi connectivity index (χ4n) is 1.41. The molecule has 0 radical (unpaired) electrons. The van der Waals surface area contributed by atoms with Gasteiger partial charge in [0.25, 0.3) is 5.56 Å². The minimum absolute atomic E-state index is 0.177. The van der Waals surface area contributed by atoms with Gasteiger partial charge in [0.1, 0.15) is 0 Å². The Balaban J connectivity index is 2.21. The summed E-state index contributed by atoms with van der Waals surface area (Å²) in [4.78, 5) is 22.0. The van der Waals surface area contributed by atoms with Gasteiger partial charge in [-0.1, -0.05) is 18.7 Å². The number of amides is 1. The second-order valence-corrected chi connectivity index (χ2v) is 3.44. The van der Waals surface area contributed by atoms with Gasteiger partial charge < -0.3 is 5.32 Å². The van der Waals surface area contributed by atoms with Gasteiger partial charge in [0, 0.05) is 11.8 Å². The van der Waals surface area contributed by atoms with Crippen LogP contribution in [0.15, 0.2) is 47.8 Å². The normalized spacial score (nSPS) is 9.88. The molecule has 17 heavy (non-hydrogen) atoms. The molecule has 0 atom stereocenters. The van der Waals surface area contributed by atoms with Gasteiger partial charge in [0.05, 0.1) is 5.69 Å². The second-order valence-electron chi connectivity index (χ2n) is 3.44. The molecule has 0 saturated carbocycles. The summed E-state index contributed by atoms with van der Waals surface area (Å²) in [6.45, 7) is 3.37. The largest absolute Gasteiger partial charge is 0.323 e. The highest BCUT2D eigenvalue weighted by atomic mass is 16.1. The number of nitrogens with one attached hydrogen (secondary N) is 3. The molecular formula is C12H11N3O2. The lowest BCUT2D eigenvalue weighted by molar-refractivity contribution is -0.111. The van der Waals surface area contributed by atoms with Crippen LogP contribution in [-0.4, -0.2) is 16.1 Å². The Labute approximate surface area is 97.2 Å². The molecule has 5 heteroatoms. The van der Waals surface area contributed by atoms with Crippen LogP contribution in [0.1, 0.15) is 0 Å². The van der Waals surface area contributed by atoms with E-state index in [0.717, 1.165) is 5.56 Å². The third kappa shape index (κ3) is 2.52. The lowest BCUT2D eigenvalue weighted by Crippen LogP contribution is -2.06. The van der Waals surface area contributed by atoms with Crippen molar-refractivity contribution in [3.05, 3.63) is 53.3 Å². The van der Waals surface area contributed by atoms with Crippen LogP contribution in [0.25, 0.3) is 11.3 Å². The zero-order valence-electron chi connectivity index (χ0n) is 8.99. The van der Waals surface area contributed by atoms with Gasteiger partial charge in [-0.3, -0.25) is 19.8 Å². The average Bonchev–Trinajstić information content (AvgIpc) is 2.77. The van der Waals surface area contributed by atoms with Crippen molar-refractivity contribution in [3.63, 3.8) is 0 Å². The number of hydrogen-bond acceptors (Lipinski definition) is 2. The monoisotopic (exact) mass is 229 g/mol. The quantitative estimate of drug-likeness (QED) is 0.697. The molecule has 2 rings (SSSR count). The molecule has 0 unspecified atom stereocenters. The van der Waals surface area contributed by atoms with E-state index in [1.54, 1.807) is 24.3 Å². The van der Waals surface area contributed by atoms with Crippen LogP contribution in [-0.2, 0) is 4.79 Å². The van der Waals surface area contributed by atoms with E-state index >= 15 is 0 Å². The number of benzene rings is 1. The van der Waals surface area contributed by atoms with E-state index in [1.165, 1.54) is 12.1 Å². The number of rotatable bonds is 3. The first kappa shape index (κ1) is 10.9. The standard InChI is InChI=1S/C12H11N3O2/c1-2-11(16)13-9-5-3-8(4-6-9)10-7-12(17)15-14-10/h2-7H,1H2,(H,13,16)(H2,14,15,17). The number of hydrogen-bond donors (Lipinski definition) is 3. The predicted octanol–water partition coefficient (Wildman–Crippen LogP) is 1.49. The van der Waals surface area contributed by atoms with E-state index in [1.807, 2.05) is 0 Å². The summed E-state index contributed by atoms with van der Waals surface area (Å²) in [5.41, 5.74) is 2.07. The van der Waals surface area contributed by atoms with E-state index in [4.69, 9.17) is 0 Å². The lowest BCUT2D eigenvalue weighted by Gasteiger charge is -2.03. The number of anilines is 1. The zero-order chi connectivity index (χ0) is 12.3. The predicted molar refractivity (Wildman–Crippen MR) is 65.7 cm³/mol. The molecule has 0 aliphatic carbocycles. The van der Waals surface area contributed by atoms with Crippen molar-refractivity contribution in [3.8, 4) is 11.3 Å². The van der Waals surface area contributed by atoms with Gasteiger partial charge in [0.15, 0.2) is 0 Å². The van der Waals surface area contributed by atoms with Crippen LogP contribution in [0.4, 0.5) is 5.69 Å². The molecular weight excluding hydrogens is 218 g/mol. The van der Waals surface area contributed by atoms with Crippen LogP contribution >= 0.6 is 0 Å². The smallest absolute Gasteiger partial charge is 0.264 e. The number of H-pyrrole nitrogens is 2. The first-order valence-corrected chi connectivity index (χ1v) is 5.00. The van der Waals surface area contributed by atoms with Crippen molar-refractivity contribution in [2.45, 2.75) is 0 Å². The molecule has 0 aliphatic heterocycles. The minimum Gasteiger partial charge on any atom is -0.323 e. The number of carbonyl (C=O) groups excluding carboxylic acids is 1. The first-order chi connectivity index (χ1) is 8.19. The summed E-state index contributed by atoms with van der Waals surface area (Å²) >= 11 is 0. The molecule has 1 aromatic heterocycles. The third-order valence-electron chi connectivity index (χ3n) is 2.24. The van der Waals surface area contributed by atoms with Gasteiger partial charge in [-0.2, -0.15) is 0 Å². The molecule has 2 aromatic rings. The van der Waals surface area contributed by atoms with Crippen molar-refractivity contribution in [1.82, 2.24) is 10.2 Å². The molecule has 3 N–H and O–H groups in total. The van der Waals surface area contributed by atoms with E-state index in [-0.39, 0.29) is 11.5 Å². The molecule has 0 bridgehead atoms. The maximum Gasteiger partial charge on any atom is 0.264 e. The number of aromatic nitrogens is 2. The molecule has 0 saturated heterocycles. The Bertz CT molecular complexity index is 593. The SMILES string of the molecule is C=CC(=O)Nc1ccc(-c2cc(=O)[nH][nH]2)cc1. The Morgan fingerprint density at radius 3 is 2.47 bits per heavy atom. The van der Waals surface area contributed by atoms with Gasteiger partial charge in [-0.15, -0.1) is 0 Å². The summed E-state index contributed by atoms with van der Waals surface area (Å²) < 4.78 is 0. The summed E-state index contributed by atoms with van der Waals surface area (Å²) in [7, 11) is 0. The molecule has 0 fully saturated rings. The van der Waals surface area contributed by atoms with Crippen LogP contribution < -0.4 is 10.9 Å². The highest BCUT2D eigenvalue weighted by molar-refractivity contribution is 5.98.